The van der Waals surface area contributed by atoms with Gasteiger partial charge in [0.15, 0.2) is 0 Å². The van der Waals surface area contributed by atoms with Crippen molar-refractivity contribution in [1.82, 2.24) is 10.2 Å². The lowest BCUT2D eigenvalue weighted by Crippen LogP contribution is -2.38. The molecule has 3 aromatic rings. The molecule has 0 aliphatic carbocycles. The molecule has 4 rings (SSSR count). The van der Waals surface area contributed by atoms with Crippen molar-refractivity contribution >= 4 is 40.9 Å². The molecular weight excluding hydrogens is 398 g/mol. The molecule has 30 heavy (non-hydrogen) atoms. The summed E-state index contributed by atoms with van der Waals surface area (Å²) in [5.74, 6) is -0.961. The predicted molar refractivity (Wildman–Crippen MR) is 118 cm³/mol. The second-order valence-corrected chi connectivity index (χ2v) is 7.98. The first kappa shape index (κ1) is 19.6. The fourth-order valence-corrected chi connectivity index (χ4v) is 3.98. The summed E-state index contributed by atoms with van der Waals surface area (Å²) in [5.41, 5.74) is 3.04. The Morgan fingerprint density at radius 3 is 2.50 bits per heavy atom. The van der Waals surface area contributed by atoms with Crippen molar-refractivity contribution in [3.8, 4) is 10.4 Å². The summed E-state index contributed by atoms with van der Waals surface area (Å²) >= 11 is 1.52. The number of hydrogen-bond donors (Lipinski definition) is 2. The molecule has 7 heteroatoms. The van der Waals surface area contributed by atoms with Crippen LogP contribution in [0.5, 0.6) is 0 Å². The summed E-state index contributed by atoms with van der Waals surface area (Å²) in [4.78, 5) is 39.8. The van der Waals surface area contributed by atoms with Gasteiger partial charge in [0.2, 0.25) is 5.91 Å². The van der Waals surface area contributed by atoms with Crippen LogP contribution in [0.15, 0.2) is 72.4 Å². The van der Waals surface area contributed by atoms with E-state index in [1.54, 1.807) is 30.3 Å². The van der Waals surface area contributed by atoms with Crippen molar-refractivity contribution in [2.75, 3.05) is 11.9 Å². The number of urea groups is 1. The van der Waals surface area contributed by atoms with Gasteiger partial charge in [-0.25, -0.2) is 9.69 Å². The first-order chi connectivity index (χ1) is 14.5. The molecule has 1 aromatic heterocycles. The first-order valence-corrected chi connectivity index (χ1v) is 10.2. The molecule has 0 atom stereocenters. The van der Waals surface area contributed by atoms with Crippen molar-refractivity contribution in [2.24, 2.45) is 0 Å². The van der Waals surface area contributed by atoms with Crippen LogP contribution in [-0.2, 0) is 9.59 Å². The van der Waals surface area contributed by atoms with Crippen molar-refractivity contribution in [3.05, 3.63) is 82.9 Å². The maximum atomic E-state index is 12.6. The van der Waals surface area contributed by atoms with Crippen molar-refractivity contribution < 1.29 is 14.4 Å². The van der Waals surface area contributed by atoms with E-state index in [9.17, 15) is 14.4 Å². The molecule has 4 amide bonds. The lowest BCUT2D eigenvalue weighted by atomic mass is 10.1. The van der Waals surface area contributed by atoms with E-state index >= 15 is 0 Å². The molecule has 6 nitrogen and oxygen atoms in total. The Morgan fingerprint density at radius 1 is 1.03 bits per heavy atom. The number of carbonyl (C=O) groups is 3. The number of rotatable bonds is 5. The number of nitrogens with one attached hydrogen (secondary N) is 2. The average Bonchev–Trinajstić information content (AvgIpc) is 3.30. The SMILES string of the molecule is Cc1ccc(-c2ccc(/C=C3\NC(=O)N(CC(=O)Nc4ccccc4)C3=O)s2)cc1. The van der Waals surface area contributed by atoms with Crippen LogP contribution in [0.3, 0.4) is 0 Å². The van der Waals surface area contributed by atoms with Gasteiger partial charge in [0.25, 0.3) is 5.91 Å². The van der Waals surface area contributed by atoms with Gasteiger partial charge in [0, 0.05) is 15.4 Å². The van der Waals surface area contributed by atoms with Gasteiger partial charge in [-0.1, -0.05) is 48.0 Å². The normalized spacial score (nSPS) is 14.8. The molecule has 150 valence electrons. The average molecular weight is 417 g/mol. The Balaban J connectivity index is 1.45. The minimum Gasteiger partial charge on any atom is -0.325 e. The van der Waals surface area contributed by atoms with Crippen LogP contribution in [-0.4, -0.2) is 29.3 Å². The smallest absolute Gasteiger partial charge is 0.325 e. The van der Waals surface area contributed by atoms with Gasteiger partial charge in [0.1, 0.15) is 12.2 Å². The molecule has 0 saturated carbocycles. The molecule has 0 spiro atoms. The van der Waals surface area contributed by atoms with Crippen molar-refractivity contribution in [2.45, 2.75) is 6.92 Å². The van der Waals surface area contributed by atoms with E-state index in [2.05, 4.69) is 10.6 Å². The summed E-state index contributed by atoms with van der Waals surface area (Å²) in [6.07, 6.45) is 1.64. The molecule has 1 aliphatic heterocycles. The van der Waals surface area contributed by atoms with Gasteiger partial charge in [-0.05, 0) is 42.8 Å². The Labute approximate surface area is 177 Å². The molecule has 0 radical (unpaired) electrons. The molecule has 2 N–H and O–H groups in total. The monoisotopic (exact) mass is 417 g/mol. The van der Waals surface area contributed by atoms with Crippen molar-refractivity contribution in [1.29, 1.82) is 0 Å². The van der Waals surface area contributed by atoms with Gasteiger partial charge in [0.05, 0.1) is 0 Å². The van der Waals surface area contributed by atoms with E-state index in [1.807, 2.05) is 49.4 Å². The highest BCUT2D eigenvalue weighted by Gasteiger charge is 2.35. The topological polar surface area (TPSA) is 78.5 Å². The van der Waals surface area contributed by atoms with E-state index in [-0.39, 0.29) is 12.2 Å². The third kappa shape index (κ3) is 4.31. The fourth-order valence-electron chi connectivity index (χ4n) is 3.03. The molecule has 2 aromatic carbocycles. The molecule has 2 heterocycles. The van der Waals surface area contributed by atoms with E-state index in [0.29, 0.717) is 5.69 Å². The number of imide groups is 1. The van der Waals surface area contributed by atoms with Gasteiger partial charge in [-0.2, -0.15) is 0 Å². The Bertz CT molecular complexity index is 1130. The second kappa shape index (κ2) is 8.34. The summed E-state index contributed by atoms with van der Waals surface area (Å²) in [6, 6.07) is 20.3. The van der Waals surface area contributed by atoms with Crippen LogP contribution in [0.1, 0.15) is 10.4 Å². The molecule has 1 fully saturated rings. The van der Waals surface area contributed by atoms with Gasteiger partial charge >= 0.3 is 6.03 Å². The second-order valence-electron chi connectivity index (χ2n) is 6.86. The van der Waals surface area contributed by atoms with Gasteiger partial charge < -0.3 is 10.6 Å². The van der Waals surface area contributed by atoms with Crippen molar-refractivity contribution in [3.63, 3.8) is 0 Å². The number of anilines is 1. The Morgan fingerprint density at radius 2 is 1.77 bits per heavy atom. The minimum atomic E-state index is -0.607. The standard InChI is InChI=1S/C23H19N3O3S/c1-15-7-9-16(10-8-15)20-12-11-18(30-20)13-19-22(28)26(23(29)25-19)14-21(27)24-17-5-3-2-4-6-17/h2-13H,14H2,1H3,(H,24,27)(H,25,29)/b19-13-. The van der Waals surface area contributed by atoms with E-state index < -0.39 is 17.8 Å². The third-order valence-electron chi connectivity index (χ3n) is 4.57. The fraction of sp³-hybridized carbons (Fsp3) is 0.0870. The number of aryl methyl sites for hydroxylation is 1. The number of thiophene rings is 1. The largest absolute Gasteiger partial charge is 0.329 e. The number of para-hydroxylation sites is 1. The Kier molecular flexibility index (Phi) is 5.45. The summed E-state index contributed by atoms with van der Waals surface area (Å²) in [7, 11) is 0. The summed E-state index contributed by atoms with van der Waals surface area (Å²) < 4.78 is 0. The quantitative estimate of drug-likeness (QED) is 0.481. The van der Waals surface area contributed by atoms with Crippen LogP contribution in [0.2, 0.25) is 0 Å². The van der Waals surface area contributed by atoms with Crippen LogP contribution in [0, 0.1) is 6.92 Å². The number of amides is 4. The number of benzene rings is 2. The van der Waals surface area contributed by atoms with Gasteiger partial charge in [-0.3, -0.25) is 9.59 Å². The summed E-state index contributed by atoms with van der Waals surface area (Å²) in [5, 5.41) is 5.22. The number of nitrogens with zero attached hydrogens (tertiary/aromatic N) is 1. The highest BCUT2D eigenvalue weighted by atomic mass is 32.1. The summed E-state index contributed by atoms with van der Waals surface area (Å²) in [6.45, 7) is 1.68. The number of carbonyl (C=O) groups excluding carboxylic acids is 3. The first-order valence-electron chi connectivity index (χ1n) is 9.36. The molecular formula is C23H19N3O3S. The molecule has 1 saturated heterocycles. The van der Waals surface area contributed by atoms with Crippen LogP contribution in [0.25, 0.3) is 16.5 Å². The Hall–Kier alpha value is -3.71. The lowest BCUT2D eigenvalue weighted by Gasteiger charge is -2.11. The highest BCUT2D eigenvalue weighted by molar-refractivity contribution is 7.16. The zero-order chi connectivity index (χ0) is 21.1. The maximum absolute atomic E-state index is 12.6. The van der Waals surface area contributed by atoms with Crippen LogP contribution < -0.4 is 10.6 Å². The maximum Gasteiger partial charge on any atom is 0.329 e. The van der Waals surface area contributed by atoms with E-state index in [4.69, 9.17) is 0 Å². The lowest BCUT2D eigenvalue weighted by molar-refractivity contribution is -0.127. The van der Waals surface area contributed by atoms with Crippen LogP contribution >= 0.6 is 11.3 Å². The van der Waals surface area contributed by atoms with Gasteiger partial charge in [-0.15, -0.1) is 11.3 Å². The number of hydrogen-bond acceptors (Lipinski definition) is 4. The highest BCUT2D eigenvalue weighted by Crippen LogP contribution is 2.30. The molecule has 0 bridgehead atoms. The zero-order valence-corrected chi connectivity index (χ0v) is 17.0. The van der Waals surface area contributed by atoms with Crippen LogP contribution in [0.4, 0.5) is 10.5 Å². The minimum absolute atomic E-state index is 0.157. The molecule has 0 unspecified atom stereocenters. The zero-order valence-electron chi connectivity index (χ0n) is 16.2. The van der Waals surface area contributed by atoms with E-state index in [1.165, 1.54) is 16.9 Å². The predicted octanol–water partition coefficient (Wildman–Crippen LogP) is 4.25. The molecule has 1 aliphatic rings. The van der Waals surface area contributed by atoms with E-state index in [0.717, 1.165) is 20.2 Å². The third-order valence-corrected chi connectivity index (χ3v) is 5.65.